The third kappa shape index (κ3) is 1.86. The normalized spacial score (nSPS) is 23.9. The molecule has 0 aliphatic carbocycles. The molecule has 0 saturated carbocycles. The highest BCUT2D eigenvalue weighted by Crippen LogP contribution is 2.39. The summed E-state index contributed by atoms with van der Waals surface area (Å²) in [5.74, 6) is -0.252. The van der Waals surface area contributed by atoms with E-state index in [2.05, 4.69) is 11.0 Å². The standard InChI is InChI=1S/C14H14FNOS/c1-16-8-12(17)10-5-4-9(15)7-11(10)14(16)13-3-2-6-18-13/h2-7,12,14,17H,8H2,1H3. The largest absolute Gasteiger partial charge is 0.387 e. The Bertz CT molecular complexity index is 555. The van der Waals surface area contributed by atoms with E-state index >= 15 is 0 Å². The fraction of sp³-hybridized carbons (Fsp3) is 0.286. The van der Waals surface area contributed by atoms with E-state index in [9.17, 15) is 9.50 Å². The van der Waals surface area contributed by atoms with Crippen molar-refractivity contribution in [3.05, 3.63) is 57.5 Å². The van der Waals surface area contributed by atoms with Crippen LogP contribution < -0.4 is 0 Å². The van der Waals surface area contributed by atoms with Gasteiger partial charge in [-0.2, -0.15) is 0 Å². The van der Waals surface area contributed by atoms with E-state index in [0.717, 1.165) is 11.1 Å². The van der Waals surface area contributed by atoms with Crippen molar-refractivity contribution in [1.82, 2.24) is 4.90 Å². The number of β-amino-alcohol motifs (C(OH)–C–C–N with tert-alkyl or cyclic N) is 1. The molecule has 2 unspecified atom stereocenters. The van der Waals surface area contributed by atoms with E-state index < -0.39 is 6.10 Å². The fourth-order valence-corrected chi connectivity index (χ4v) is 3.52. The average Bonchev–Trinajstić information content (AvgIpc) is 2.82. The van der Waals surface area contributed by atoms with Gasteiger partial charge >= 0.3 is 0 Å². The summed E-state index contributed by atoms with van der Waals surface area (Å²) in [5.41, 5.74) is 1.71. The smallest absolute Gasteiger partial charge is 0.123 e. The van der Waals surface area contributed by atoms with Crippen molar-refractivity contribution < 1.29 is 9.50 Å². The average molecular weight is 263 g/mol. The Morgan fingerprint density at radius 2 is 2.17 bits per heavy atom. The van der Waals surface area contributed by atoms with Crippen LogP contribution in [0.25, 0.3) is 0 Å². The van der Waals surface area contributed by atoms with Crippen LogP contribution in [0.3, 0.4) is 0 Å². The van der Waals surface area contributed by atoms with Gasteiger partial charge in [-0.15, -0.1) is 11.3 Å². The molecule has 0 saturated heterocycles. The van der Waals surface area contributed by atoms with E-state index in [4.69, 9.17) is 0 Å². The maximum Gasteiger partial charge on any atom is 0.123 e. The molecule has 0 fully saturated rings. The van der Waals surface area contributed by atoms with E-state index in [-0.39, 0.29) is 11.9 Å². The number of likely N-dealkylation sites (N-methyl/N-ethyl adjacent to an activating group) is 1. The summed E-state index contributed by atoms with van der Waals surface area (Å²) in [4.78, 5) is 3.24. The Labute approximate surface area is 109 Å². The maximum absolute atomic E-state index is 13.5. The lowest BCUT2D eigenvalue weighted by molar-refractivity contribution is 0.0951. The molecular formula is C14H14FNOS. The Hall–Kier alpha value is -1.23. The van der Waals surface area contributed by atoms with Crippen molar-refractivity contribution >= 4 is 11.3 Å². The summed E-state index contributed by atoms with van der Waals surface area (Å²) in [5, 5.41) is 12.1. The zero-order valence-electron chi connectivity index (χ0n) is 10.0. The van der Waals surface area contributed by atoms with Crippen LogP contribution >= 0.6 is 11.3 Å². The highest BCUT2D eigenvalue weighted by atomic mass is 32.1. The molecule has 3 rings (SSSR count). The molecule has 1 aromatic heterocycles. The molecule has 1 aromatic carbocycles. The predicted octanol–water partition coefficient (Wildman–Crippen LogP) is 2.96. The highest BCUT2D eigenvalue weighted by molar-refractivity contribution is 7.10. The number of hydrogen-bond donors (Lipinski definition) is 1. The number of fused-ring (bicyclic) bond motifs is 1. The summed E-state index contributed by atoms with van der Waals surface area (Å²) in [6.45, 7) is 0.571. The van der Waals surface area contributed by atoms with Gasteiger partial charge in [-0.3, -0.25) is 4.90 Å². The van der Waals surface area contributed by atoms with E-state index in [1.165, 1.54) is 10.9 Å². The van der Waals surface area contributed by atoms with Crippen LogP contribution in [0.15, 0.2) is 35.7 Å². The SMILES string of the molecule is CN1CC(O)c2ccc(F)cc2C1c1cccs1. The molecule has 2 atom stereocenters. The molecule has 1 aliphatic heterocycles. The van der Waals surface area contributed by atoms with Gasteiger partial charge in [0.15, 0.2) is 0 Å². The molecule has 2 aromatic rings. The lowest BCUT2D eigenvalue weighted by atomic mass is 9.90. The molecular weight excluding hydrogens is 249 g/mol. The second kappa shape index (κ2) is 4.46. The number of aliphatic hydroxyl groups is 1. The van der Waals surface area contributed by atoms with Gasteiger partial charge in [0.2, 0.25) is 0 Å². The van der Waals surface area contributed by atoms with Crippen LogP contribution in [0, 0.1) is 5.82 Å². The van der Waals surface area contributed by atoms with Crippen molar-refractivity contribution in [1.29, 1.82) is 0 Å². The first-order valence-corrected chi connectivity index (χ1v) is 6.76. The third-order valence-electron chi connectivity index (χ3n) is 3.42. The molecule has 2 heterocycles. The molecule has 18 heavy (non-hydrogen) atoms. The highest BCUT2D eigenvalue weighted by Gasteiger charge is 2.31. The van der Waals surface area contributed by atoms with Crippen LogP contribution in [0.4, 0.5) is 4.39 Å². The summed E-state index contributed by atoms with van der Waals surface area (Å²) in [6.07, 6.45) is -0.540. The number of halogens is 1. The quantitative estimate of drug-likeness (QED) is 0.855. The maximum atomic E-state index is 13.5. The van der Waals surface area contributed by atoms with Gasteiger partial charge in [0.25, 0.3) is 0 Å². The van der Waals surface area contributed by atoms with Crippen LogP contribution in [-0.2, 0) is 0 Å². The summed E-state index contributed by atoms with van der Waals surface area (Å²) >= 11 is 1.66. The molecule has 0 amide bonds. The number of benzene rings is 1. The first-order valence-electron chi connectivity index (χ1n) is 5.88. The lowest BCUT2D eigenvalue weighted by Gasteiger charge is -2.36. The first-order chi connectivity index (χ1) is 8.66. The van der Waals surface area contributed by atoms with E-state index in [0.29, 0.717) is 6.54 Å². The zero-order chi connectivity index (χ0) is 12.7. The Kier molecular flexibility index (Phi) is 2.93. The Balaban J connectivity index is 2.15. The molecule has 1 N–H and O–H groups in total. The molecule has 2 nitrogen and oxygen atoms in total. The fourth-order valence-electron chi connectivity index (χ4n) is 2.62. The summed E-state index contributed by atoms with van der Waals surface area (Å²) in [6, 6.07) is 8.75. The van der Waals surface area contributed by atoms with Crippen LogP contribution in [0.1, 0.15) is 28.1 Å². The lowest BCUT2D eigenvalue weighted by Crippen LogP contribution is -2.35. The van der Waals surface area contributed by atoms with Gasteiger partial charge in [0.1, 0.15) is 5.82 Å². The van der Waals surface area contributed by atoms with Gasteiger partial charge < -0.3 is 5.11 Å². The van der Waals surface area contributed by atoms with Gasteiger partial charge in [-0.25, -0.2) is 4.39 Å². The Morgan fingerprint density at radius 1 is 1.33 bits per heavy atom. The third-order valence-corrected chi connectivity index (χ3v) is 4.34. The summed E-state index contributed by atoms with van der Waals surface area (Å²) in [7, 11) is 1.96. The number of rotatable bonds is 1. The molecule has 0 spiro atoms. The van der Waals surface area contributed by atoms with Gasteiger partial charge in [-0.05, 0) is 41.8 Å². The number of nitrogens with zero attached hydrogens (tertiary/aromatic N) is 1. The van der Waals surface area contributed by atoms with Crippen molar-refractivity contribution in [2.24, 2.45) is 0 Å². The number of aliphatic hydroxyl groups excluding tert-OH is 1. The summed E-state index contributed by atoms with van der Waals surface area (Å²) < 4.78 is 13.5. The first kappa shape index (κ1) is 11.8. The number of thiophene rings is 1. The topological polar surface area (TPSA) is 23.5 Å². The van der Waals surface area contributed by atoms with Crippen molar-refractivity contribution in [3.8, 4) is 0 Å². The van der Waals surface area contributed by atoms with Crippen molar-refractivity contribution in [2.75, 3.05) is 13.6 Å². The Morgan fingerprint density at radius 3 is 2.89 bits per heavy atom. The molecule has 4 heteroatoms. The predicted molar refractivity (Wildman–Crippen MR) is 70.2 cm³/mol. The molecule has 1 aliphatic rings. The second-order valence-electron chi connectivity index (χ2n) is 4.65. The van der Waals surface area contributed by atoms with Crippen LogP contribution in [-0.4, -0.2) is 23.6 Å². The minimum Gasteiger partial charge on any atom is -0.387 e. The minimum atomic E-state index is -0.540. The van der Waals surface area contributed by atoms with Crippen molar-refractivity contribution in [2.45, 2.75) is 12.1 Å². The van der Waals surface area contributed by atoms with Gasteiger partial charge in [0.05, 0.1) is 12.1 Å². The minimum absolute atomic E-state index is 0.0408. The van der Waals surface area contributed by atoms with Crippen molar-refractivity contribution in [3.63, 3.8) is 0 Å². The zero-order valence-corrected chi connectivity index (χ0v) is 10.8. The van der Waals surface area contributed by atoms with Crippen LogP contribution in [0.5, 0.6) is 0 Å². The number of hydrogen-bond acceptors (Lipinski definition) is 3. The molecule has 0 bridgehead atoms. The van der Waals surface area contributed by atoms with E-state index in [1.807, 2.05) is 18.5 Å². The van der Waals surface area contributed by atoms with E-state index in [1.54, 1.807) is 23.5 Å². The van der Waals surface area contributed by atoms with Gasteiger partial charge in [0, 0.05) is 11.4 Å². The van der Waals surface area contributed by atoms with Crippen LogP contribution in [0.2, 0.25) is 0 Å². The van der Waals surface area contributed by atoms with Gasteiger partial charge in [-0.1, -0.05) is 12.1 Å². The molecule has 0 radical (unpaired) electrons. The molecule has 94 valence electrons. The second-order valence-corrected chi connectivity index (χ2v) is 5.63. The monoisotopic (exact) mass is 263 g/mol.